The summed E-state index contributed by atoms with van der Waals surface area (Å²) in [6.07, 6.45) is -3.00. The number of benzene rings is 2. The molecule has 0 saturated heterocycles. The zero-order valence-corrected chi connectivity index (χ0v) is 11.2. The van der Waals surface area contributed by atoms with Gasteiger partial charge in [0.1, 0.15) is 5.75 Å². The molecular formula is C15H13F3N2O. The molecule has 0 unspecified atom stereocenters. The van der Waals surface area contributed by atoms with Gasteiger partial charge in [-0.25, -0.2) is 0 Å². The number of halogens is 3. The molecule has 0 aliphatic heterocycles. The number of hydrogen-bond donors (Lipinski definition) is 1. The number of rotatable bonds is 4. The van der Waals surface area contributed by atoms with Crippen LogP contribution >= 0.6 is 0 Å². The molecule has 6 heteroatoms. The lowest BCUT2D eigenvalue weighted by atomic mass is 10.2. The van der Waals surface area contributed by atoms with Gasteiger partial charge >= 0.3 is 6.18 Å². The number of nitrogens with one attached hydrogen (secondary N) is 1. The van der Waals surface area contributed by atoms with E-state index in [2.05, 4.69) is 10.5 Å². The van der Waals surface area contributed by atoms with Crippen LogP contribution in [0.4, 0.5) is 18.9 Å². The molecule has 0 spiro atoms. The third kappa shape index (κ3) is 3.98. The Kier molecular flexibility index (Phi) is 4.47. The molecule has 0 atom stereocenters. The van der Waals surface area contributed by atoms with Crippen LogP contribution in [-0.4, -0.2) is 13.3 Å². The van der Waals surface area contributed by atoms with Crippen molar-refractivity contribution in [3.8, 4) is 5.75 Å². The van der Waals surface area contributed by atoms with Crippen molar-refractivity contribution >= 4 is 11.9 Å². The van der Waals surface area contributed by atoms with Gasteiger partial charge in [-0.2, -0.15) is 18.3 Å². The van der Waals surface area contributed by atoms with Crippen LogP contribution in [0.2, 0.25) is 0 Å². The van der Waals surface area contributed by atoms with E-state index in [-0.39, 0.29) is 5.69 Å². The third-order valence-corrected chi connectivity index (χ3v) is 2.72. The first-order chi connectivity index (χ1) is 10.0. The Morgan fingerprint density at radius 2 is 1.86 bits per heavy atom. The number of para-hydroxylation sites is 1. The summed E-state index contributed by atoms with van der Waals surface area (Å²) >= 11 is 0. The summed E-state index contributed by atoms with van der Waals surface area (Å²) in [4.78, 5) is 0. The first-order valence-electron chi connectivity index (χ1n) is 6.10. The first-order valence-corrected chi connectivity index (χ1v) is 6.10. The first kappa shape index (κ1) is 14.9. The van der Waals surface area contributed by atoms with E-state index in [0.717, 1.165) is 6.07 Å². The monoisotopic (exact) mass is 294 g/mol. The van der Waals surface area contributed by atoms with Crippen LogP contribution in [0.25, 0.3) is 0 Å². The quantitative estimate of drug-likeness (QED) is 0.678. The van der Waals surface area contributed by atoms with Gasteiger partial charge in [0.15, 0.2) is 0 Å². The van der Waals surface area contributed by atoms with E-state index < -0.39 is 11.7 Å². The van der Waals surface area contributed by atoms with E-state index in [4.69, 9.17) is 4.74 Å². The van der Waals surface area contributed by atoms with E-state index in [1.807, 2.05) is 0 Å². The summed E-state index contributed by atoms with van der Waals surface area (Å²) < 4.78 is 43.4. The van der Waals surface area contributed by atoms with Crippen LogP contribution in [0.1, 0.15) is 11.1 Å². The molecule has 1 N–H and O–H groups in total. The molecule has 2 aromatic rings. The van der Waals surface area contributed by atoms with Crippen molar-refractivity contribution in [2.24, 2.45) is 5.10 Å². The predicted molar refractivity (Wildman–Crippen MR) is 75.7 cm³/mol. The third-order valence-electron chi connectivity index (χ3n) is 2.72. The minimum absolute atomic E-state index is 0.0934. The van der Waals surface area contributed by atoms with Crippen LogP contribution in [0.5, 0.6) is 5.75 Å². The highest BCUT2D eigenvalue weighted by molar-refractivity contribution is 5.80. The second-order valence-corrected chi connectivity index (χ2v) is 4.19. The van der Waals surface area contributed by atoms with Gasteiger partial charge in [-0.1, -0.05) is 24.3 Å². The van der Waals surface area contributed by atoms with Gasteiger partial charge in [-0.05, 0) is 29.8 Å². The van der Waals surface area contributed by atoms with Crippen LogP contribution < -0.4 is 10.2 Å². The van der Waals surface area contributed by atoms with Crippen LogP contribution in [0.15, 0.2) is 53.6 Å². The van der Waals surface area contributed by atoms with E-state index in [0.29, 0.717) is 11.3 Å². The van der Waals surface area contributed by atoms with Gasteiger partial charge in [0, 0.05) is 0 Å². The highest BCUT2D eigenvalue weighted by atomic mass is 19.4. The lowest BCUT2D eigenvalue weighted by Gasteiger charge is -2.11. The topological polar surface area (TPSA) is 33.6 Å². The zero-order valence-electron chi connectivity index (χ0n) is 11.2. The summed E-state index contributed by atoms with van der Waals surface area (Å²) in [7, 11) is 1.54. The molecule has 0 heterocycles. The van der Waals surface area contributed by atoms with Crippen molar-refractivity contribution in [2.75, 3.05) is 12.5 Å². The summed E-state index contributed by atoms with van der Waals surface area (Å²) in [6.45, 7) is 0. The number of hydrazone groups is 1. The van der Waals surface area contributed by atoms with Crippen LogP contribution in [-0.2, 0) is 6.18 Å². The van der Waals surface area contributed by atoms with Crippen molar-refractivity contribution in [3.05, 3.63) is 59.7 Å². The molecule has 110 valence electrons. The summed E-state index contributed by atoms with van der Waals surface area (Å²) in [5.41, 5.74) is 2.28. The molecule has 0 aromatic heterocycles. The van der Waals surface area contributed by atoms with Gasteiger partial charge < -0.3 is 4.74 Å². The minimum atomic E-state index is -4.42. The Morgan fingerprint density at radius 1 is 1.10 bits per heavy atom. The Bertz CT molecular complexity index is 639. The molecule has 2 aromatic carbocycles. The molecule has 0 saturated carbocycles. The zero-order chi connectivity index (χ0) is 15.3. The average molecular weight is 294 g/mol. The number of methoxy groups -OCH3 is 1. The molecule has 3 nitrogen and oxygen atoms in total. The average Bonchev–Trinajstić information content (AvgIpc) is 2.47. The van der Waals surface area contributed by atoms with Crippen molar-refractivity contribution < 1.29 is 17.9 Å². The number of nitrogens with zero attached hydrogens (tertiary/aromatic N) is 1. The predicted octanol–water partition coefficient (Wildman–Crippen LogP) is 4.16. The fourth-order valence-corrected chi connectivity index (χ4v) is 1.73. The summed E-state index contributed by atoms with van der Waals surface area (Å²) in [5, 5.41) is 3.83. The molecule has 0 amide bonds. The molecule has 21 heavy (non-hydrogen) atoms. The standard InChI is InChI=1S/C15H13F3N2O/c1-21-12-6-4-5-11(9-12)10-19-20-14-8-3-2-7-13(14)15(16,17)18/h2-10,20H,1H3. The van der Waals surface area contributed by atoms with E-state index in [1.165, 1.54) is 31.5 Å². The Balaban J connectivity index is 2.14. The van der Waals surface area contributed by atoms with E-state index in [9.17, 15) is 13.2 Å². The highest BCUT2D eigenvalue weighted by Gasteiger charge is 2.33. The van der Waals surface area contributed by atoms with Crippen molar-refractivity contribution in [1.29, 1.82) is 0 Å². The second-order valence-electron chi connectivity index (χ2n) is 4.19. The van der Waals surface area contributed by atoms with Gasteiger partial charge in [0.25, 0.3) is 0 Å². The summed E-state index contributed by atoms with van der Waals surface area (Å²) in [5.74, 6) is 0.648. The largest absolute Gasteiger partial charge is 0.497 e. The number of hydrogen-bond acceptors (Lipinski definition) is 3. The maximum absolute atomic E-state index is 12.8. The number of alkyl halides is 3. The smallest absolute Gasteiger partial charge is 0.418 e. The summed E-state index contributed by atoms with van der Waals surface area (Å²) in [6, 6.07) is 12.2. The SMILES string of the molecule is COc1cccc(C=NNc2ccccc2C(F)(F)F)c1. The van der Waals surface area contributed by atoms with Gasteiger partial charge in [0.05, 0.1) is 24.6 Å². The highest BCUT2D eigenvalue weighted by Crippen LogP contribution is 2.34. The Labute approximate surface area is 120 Å². The van der Waals surface area contributed by atoms with Crippen LogP contribution in [0, 0.1) is 0 Å². The Hall–Kier alpha value is -2.50. The molecular weight excluding hydrogens is 281 g/mol. The van der Waals surface area contributed by atoms with Crippen molar-refractivity contribution in [1.82, 2.24) is 0 Å². The molecule has 0 fully saturated rings. The van der Waals surface area contributed by atoms with E-state index in [1.54, 1.807) is 24.3 Å². The molecule has 0 bridgehead atoms. The maximum Gasteiger partial charge on any atom is 0.418 e. The second kappa shape index (κ2) is 6.30. The molecule has 0 radical (unpaired) electrons. The maximum atomic E-state index is 12.8. The van der Waals surface area contributed by atoms with E-state index >= 15 is 0 Å². The molecule has 2 rings (SSSR count). The molecule has 0 aliphatic rings. The van der Waals surface area contributed by atoms with Crippen LogP contribution in [0.3, 0.4) is 0 Å². The van der Waals surface area contributed by atoms with Crippen molar-refractivity contribution in [2.45, 2.75) is 6.18 Å². The molecule has 0 aliphatic carbocycles. The van der Waals surface area contributed by atoms with Gasteiger partial charge in [-0.15, -0.1) is 0 Å². The van der Waals surface area contributed by atoms with Gasteiger partial charge in [0.2, 0.25) is 0 Å². The van der Waals surface area contributed by atoms with Crippen molar-refractivity contribution in [3.63, 3.8) is 0 Å². The van der Waals surface area contributed by atoms with Gasteiger partial charge in [-0.3, -0.25) is 5.43 Å². The fourth-order valence-electron chi connectivity index (χ4n) is 1.73. The minimum Gasteiger partial charge on any atom is -0.497 e. The lowest BCUT2D eigenvalue weighted by Crippen LogP contribution is -2.08. The number of anilines is 1. The normalized spacial score (nSPS) is 11.6. The lowest BCUT2D eigenvalue weighted by molar-refractivity contribution is -0.136. The number of ether oxygens (including phenoxy) is 1. The fraction of sp³-hybridized carbons (Fsp3) is 0.133. The Morgan fingerprint density at radius 3 is 2.57 bits per heavy atom.